The predicted molar refractivity (Wildman–Crippen MR) is 36.4 cm³/mol. The van der Waals surface area contributed by atoms with E-state index in [0.717, 1.165) is 0 Å². The minimum absolute atomic E-state index is 0.00505. The Hall–Kier alpha value is -0.450. The molecule has 10 heavy (non-hydrogen) atoms. The van der Waals surface area contributed by atoms with E-state index < -0.39 is 6.10 Å². The topological polar surface area (TPSA) is 83.6 Å². The smallest absolute Gasteiger partial charge is 0.174 e. The molecule has 0 radical (unpaired) electrons. The van der Waals surface area contributed by atoms with Crippen LogP contribution in [0.15, 0.2) is 0 Å². The second kappa shape index (κ2) is 5.34. The molecule has 60 valence electrons. The number of hydrogen-bond donors (Lipinski definition) is 3. The van der Waals surface area contributed by atoms with Gasteiger partial charge < -0.3 is 15.9 Å². The van der Waals surface area contributed by atoms with Crippen LogP contribution >= 0.6 is 0 Å². The summed E-state index contributed by atoms with van der Waals surface area (Å²) in [6, 6.07) is 0. The summed E-state index contributed by atoms with van der Waals surface area (Å²) >= 11 is 0. The molecule has 0 saturated carbocycles. The van der Waals surface area contributed by atoms with Gasteiger partial charge in [0.1, 0.15) is 6.10 Å². The lowest BCUT2D eigenvalue weighted by atomic mass is 10.1. The second-order valence-electron chi connectivity index (χ2n) is 2.05. The number of nitrogens with two attached hydrogens (primary N) is 1. The van der Waals surface area contributed by atoms with Gasteiger partial charge in [0, 0.05) is 6.61 Å². The Morgan fingerprint density at radius 2 is 2.20 bits per heavy atom. The number of aliphatic hydroxyl groups is 2. The predicted octanol–water partition coefficient (Wildman–Crippen LogP) is -1.35. The summed E-state index contributed by atoms with van der Waals surface area (Å²) in [4.78, 5) is 10.6. The van der Waals surface area contributed by atoms with Crippen LogP contribution in [-0.4, -0.2) is 35.3 Å². The lowest BCUT2D eigenvalue weighted by Gasteiger charge is -2.05. The number of ketones is 1. The zero-order valence-corrected chi connectivity index (χ0v) is 5.79. The fourth-order valence-corrected chi connectivity index (χ4v) is 0.582. The van der Waals surface area contributed by atoms with Gasteiger partial charge in [-0.1, -0.05) is 0 Å². The first-order chi connectivity index (χ1) is 4.72. The Morgan fingerprint density at radius 3 is 2.60 bits per heavy atom. The van der Waals surface area contributed by atoms with E-state index in [1.54, 1.807) is 0 Å². The van der Waals surface area contributed by atoms with Gasteiger partial charge in [-0.3, -0.25) is 4.79 Å². The molecule has 0 rings (SSSR count). The molecule has 4 heteroatoms. The van der Waals surface area contributed by atoms with Gasteiger partial charge >= 0.3 is 0 Å². The fourth-order valence-electron chi connectivity index (χ4n) is 0.582. The van der Waals surface area contributed by atoms with Crippen LogP contribution in [0.3, 0.4) is 0 Å². The van der Waals surface area contributed by atoms with Crippen LogP contribution in [0.25, 0.3) is 0 Å². The average molecular weight is 147 g/mol. The summed E-state index contributed by atoms with van der Waals surface area (Å²) in [6.07, 6.45) is -0.253. The molecule has 0 aromatic rings. The molecule has 0 bridgehead atoms. The van der Waals surface area contributed by atoms with Gasteiger partial charge in [0.25, 0.3) is 0 Å². The molecule has 0 aliphatic heterocycles. The molecule has 0 aliphatic carbocycles. The van der Waals surface area contributed by atoms with Crippen molar-refractivity contribution in [3.63, 3.8) is 0 Å². The number of rotatable bonds is 5. The first kappa shape index (κ1) is 9.55. The van der Waals surface area contributed by atoms with Crippen molar-refractivity contribution in [1.29, 1.82) is 0 Å². The zero-order valence-electron chi connectivity index (χ0n) is 5.79. The van der Waals surface area contributed by atoms with Gasteiger partial charge in [0.15, 0.2) is 5.78 Å². The highest BCUT2D eigenvalue weighted by atomic mass is 16.3. The zero-order chi connectivity index (χ0) is 7.98. The minimum atomic E-state index is -0.989. The Bertz CT molecular complexity index is 105. The first-order valence-electron chi connectivity index (χ1n) is 3.24. The maximum Gasteiger partial charge on any atom is 0.174 e. The molecule has 0 amide bonds. The number of Topliss-reactive ketones (excluding diaryl/α,β-unsaturated/α-hetero) is 1. The molecule has 0 spiro atoms. The third-order valence-electron chi connectivity index (χ3n) is 1.21. The van der Waals surface area contributed by atoms with E-state index in [1.807, 2.05) is 0 Å². The minimum Gasteiger partial charge on any atom is -0.396 e. The third-order valence-corrected chi connectivity index (χ3v) is 1.21. The number of carbonyl (C=O) groups excluding carboxylic acids is 1. The molecule has 4 N–H and O–H groups in total. The normalized spacial score (nSPS) is 13.1. The van der Waals surface area contributed by atoms with Crippen LogP contribution in [-0.2, 0) is 4.79 Å². The van der Waals surface area contributed by atoms with Crippen LogP contribution in [0, 0.1) is 0 Å². The molecule has 0 aromatic carbocycles. The summed E-state index contributed by atoms with van der Waals surface area (Å²) in [6.45, 7) is -0.137. The van der Waals surface area contributed by atoms with E-state index >= 15 is 0 Å². The fraction of sp³-hybridized carbons (Fsp3) is 0.833. The number of hydrogen-bond acceptors (Lipinski definition) is 4. The summed E-state index contributed by atoms with van der Waals surface area (Å²) in [5.74, 6) is -0.367. The quantitative estimate of drug-likeness (QED) is 0.449. The van der Waals surface area contributed by atoms with Crippen molar-refractivity contribution in [3.8, 4) is 0 Å². The van der Waals surface area contributed by atoms with Gasteiger partial charge in [0.2, 0.25) is 0 Å². The van der Waals surface area contributed by atoms with Crippen LogP contribution in [0.4, 0.5) is 0 Å². The monoisotopic (exact) mass is 147 g/mol. The molecular weight excluding hydrogens is 134 g/mol. The Kier molecular flexibility index (Phi) is 5.10. The van der Waals surface area contributed by atoms with Crippen LogP contribution < -0.4 is 5.73 Å². The molecule has 4 nitrogen and oxygen atoms in total. The van der Waals surface area contributed by atoms with E-state index in [2.05, 4.69) is 0 Å². The molecular formula is C6H13NO3. The lowest BCUT2D eigenvalue weighted by molar-refractivity contribution is -0.126. The van der Waals surface area contributed by atoms with E-state index in [0.29, 0.717) is 12.8 Å². The van der Waals surface area contributed by atoms with Crippen LogP contribution in [0.1, 0.15) is 12.8 Å². The Balaban J connectivity index is 3.41. The largest absolute Gasteiger partial charge is 0.396 e. The van der Waals surface area contributed by atoms with E-state index in [9.17, 15) is 4.79 Å². The van der Waals surface area contributed by atoms with Crippen molar-refractivity contribution in [2.24, 2.45) is 5.73 Å². The summed E-state index contributed by atoms with van der Waals surface area (Å²) < 4.78 is 0. The molecule has 0 saturated heterocycles. The summed E-state index contributed by atoms with van der Waals surface area (Å²) in [5, 5.41) is 17.2. The van der Waals surface area contributed by atoms with Gasteiger partial charge in [-0.05, 0) is 12.8 Å². The Morgan fingerprint density at radius 1 is 1.60 bits per heavy atom. The average Bonchev–Trinajstić information content (AvgIpc) is 1.98. The SMILES string of the molecule is NCC(=O)C(O)CCCO. The van der Waals surface area contributed by atoms with Crippen molar-refractivity contribution < 1.29 is 15.0 Å². The molecule has 0 aromatic heterocycles. The van der Waals surface area contributed by atoms with Crippen molar-refractivity contribution in [1.82, 2.24) is 0 Å². The van der Waals surface area contributed by atoms with Crippen molar-refractivity contribution >= 4 is 5.78 Å². The molecule has 1 atom stereocenters. The number of carbonyl (C=O) groups is 1. The highest BCUT2D eigenvalue weighted by Crippen LogP contribution is 1.95. The third kappa shape index (κ3) is 3.55. The highest BCUT2D eigenvalue weighted by Gasteiger charge is 2.11. The van der Waals surface area contributed by atoms with Crippen molar-refractivity contribution in [3.05, 3.63) is 0 Å². The van der Waals surface area contributed by atoms with Crippen molar-refractivity contribution in [2.45, 2.75) is 18.9 Å². The highest BCUT2D eigenvalue weighted by molar-refractivity contribution is 5.84. The molecule has 1 unspecified atom stereocenters. The second-order valence-corrected chi connectivity index (χ2v) is 2.05. The van der Waals surface area contributed by atoms with E-state index in [4.69, 9.17) is 15.9 Å². The maximum atomic E-state index is 10.6. The molecule has 0 fully saturated rings. The summed E-state index contributed by atoms with van der Waals surface area (Å²) in [7, 11) is 0. The lowest BCUT2D eigenvalue weighted by Crippen LogP contribution is -2.27. The first-order valence-corrected chi connectivity index (χ1v) is 3.24. The van der Waals surface area contributed by atoms with Gasteiger partial charge in [-0.15, -0.1) is 0 Å². The van der Waals surface area contributed by atoms with E-state index in [1.165, 1.54) is 0 Å². The standard InChI is InChI=1S/C6H13NO3/c7-4-6(10)5(9)2-1-3-8/h5,8-9H,1-4,7H2. The Labute approximate surface area is 59.7 Å². The van der Waals surface area contributed by atoms with Gasteiger partial charge in [-0.25, -0.2) is 0 Å². The van der Waals surface area contributed by atoms with Gasteiger partial charge in [-0.2, -0.15) is 0 Å². The van der Waals surface area contributed by atoms with Crippen molar-refractivity contribution in [2.75, 3.05) is 13.2 Å². The maximum absolute atomic E-state index is 10.6. The molecule has 0 heterocycles. The number of aliphatic hydroxyl groups excluding tert-OH is 2. The van der Waals surface area contributed by atoms with E-state index in [-0.39, 0.29) is 18.9 Å². The van der Waals surface area contributed by atoms with Gasteiger partial charge in [0.05, 0.1) is 6.54 Å². The van der Waals surface area contributed by atoms with Crippen LogP contribution in [0.5, 0.6) is 0 Å². The van der Waals surface area contributed by atoms with Crippen LogP contribution in [0.2, 0.25) is 0 Å². The molecule has 0 aliphatic rings. The summed E-state index contributed by atoms with van der Waals surface area (Å²) in [5.41, 5.74) is 4.97.